The number of aldehydes is 1. The van der Waals surface area contributed by atoms with Crippen LogP contribution in [0.25, 0.3) is 0 Å². The number of carbonyl (C=O) groups is 1. The minimum atomic E-state index is 0.618. The van der Waals surface area contributed by atoms with Crippen molar-refractivity contribution < 1.29 is 9.53 Å². The molecule has 14 heavy (non-hydrogen) atoms. The molecule has 76 valence electrons. The van der Waals surface area contributed by atoms with Crippen LogP contribution in [0.15, 0.2) is 18.2 Å². The lowest BCUT2D eigenvalue weighted by molar-refractivity contribution is 0.112. The summed E-state index contributed by atoms with van der Waals surface area (Å²) in [6.45, 7) is 2.16. The fourth-order valence-electron chi connectivity index (χ4n) is 1.39. The van der Waals surface area contributed by atoms with Gasteiger partial charge in [0.15, 0.2) is 6.29 Å². The minimum Gasteiger partial charge on any atom is -0.496 e. The van der Waals surface area contributed by atoms with Crippen molar-refractivity contribution in [2.24, 2.45) is 0 Å². The maximum atomic E-state index is 10.6. The first kappa shape index (κ1) is 10.8. The largest absolute Gasteiger partial charge is 0.496 e. The van der Waals surface area contributed by atoms with Crippen LogP contribution in [-0.4, -0.2) is 13.4 Å². The van der Waals surface area contributed by atoms with Gasteiger partial charge in [-0.25, -0.2) is 0 Å². The Hall–Kier alpha value is -1.31. The number of benzene rings is 1. The molecule has 2 nitrogen and oxygen atoms in total. The third-order valence-corrected chi connectivity index (χ3v) is 2.24. The van der Waals surface area contributed by atoms with E-state index in [0.29, 0.717) is 11.3 Å². The monoisotopic (exact) mass is 192 g/mol. The van der Waals surface area contributed by atoms with Gasteiger partial charge in [-0.15, -0.1) is 0 Å². The molecule has 1 rings (SSSR count). The Morgan fingerprint density at radius 3 is 2.79 bits per heavy atom. The van der Waals surface area contributed by atoms with Crippen molar-refractivity contribution in [1.29, 1.82) is 0 Å². The molecular weight excluding hydrogens is 176 g/mol. The fraction of sp³-hybridized carbons (Fsp3) is 0.417. The predicted molar refractivity (Wildman–Crippen MR) is 57.0 cm³/mol. The van der Waals surface area contributed by atoms with Crippen molar-refractivity contribution >= 4 is 6.29 Å². The van der Waals surface area contributed by atoms with E-state index in [-0.39, 0.29) is 0 Å². The molecule has 0 atom stereocenters. The Morgan fingerprint density at radius 1 is 1.43 bits per heavy atom. The summed E-state index contributed by atoms with van der Waals surface area (Å²) in [5.41, 5.74) is 1.85. The van der Waals surface area contributed by atoms with Gasteiger partial charge in [-0.1, -0.05) is 19.4 Å². The molecule has 0 amide bonds. The molecule has 0 heterocycles. The van der Waals surface area contributed by atoms with Gasteiger partial charge in [0.05, 0.1) is 12.7 Å². The fourth-order valence-corrected chi connectivity index (χ4v) is 1.39. The standard InChI is InChI=1S/C12H16O2/c1-3-4-5-10-6-7-11(9-13)12(8-10)14-2/h6-9H,3-5H2,1-2H3. The van der Waals surface area contributed by atoms with E-state index in [1.54, 1.807) is 7.11 Å². The van der Waals surface area contributed by atoms with Gasteiger partial charge in [0, 0.05) is 0 Å². The molecule has 0 spiro atoms. The zero-order valence-electron chi connectivity index (χ0n) is 8.75. The number of ether oxygens (including phenoxy) is 1. The molecule has 0 radical (unpaired) electrons. The maximum Gasteiger partial charge on any atom is 0.153 e. The Balaban J connectivity index is 2.84. The average Bonchev–Trinajstić information content (AvgIpc) is 2.25. The van der Waals surface area contributed by atoms with Crippen molar-refractivity contribution in [3.8, 4) is 5.75 Å². The lowest BCUT2D eigenvalue weighted by Gasteiger charge is -2.06. The molecule has 1 aromatic carbocycles. The number of hydrogen-bond donors (Lipinski definition) is 0. The Kier molecular flexibility index (Phi) is 4.17. The topological polar surface area (TPSA) is 26.3 Å². The van der Waals surface area contributed by atoms with Crippen molar-refractivity contribution in [3.63, 3.8) is 0 Å². The van der Waals surface area contributed by atoms with E-state index in [2.05, 4.69) is 6.92 Å². The van der Waals surface area contributed by atoms with Gasteiger partial charge in [0.1, 0.15) is 5.75 Å². The molecule has 0 aliphatic heterocycles. The van der Waals surface area contributed by atoms with Gasteiger partial charge < -0.3 is 4.74 Å². The Bertz CT molecular complexity index is 305. The van der Waals surface area contributed by atoms with E-state index in [4.69, 9.17) is 4.74 Å². The number of methoxy groups -OCH3 is 1. The van der Waals surface area contributed by atoms with Crippen molar-refractivity contribution in [2.45, 2.75) is 26.2 Å². The molecule has 0 saturated heterocycles. The van der Waals surface area contributed by atoms with Crippen LogP contribution in [0.2, 0.25) is 0 Å². The van der Waals surface area contributed by atoms with Gasteiger partial charge in [-0.2, -0.15) is 0 Å². The summed E-state index contributed by atoms with van der Waals surface area (Å²) in [5.74, 6) is 0.675. The maximum absolute atomic E-state index is 10.6. The van der Waals surface area contributed by atoms with Gasteiger partial charge in [0.2, 0.25) is 0 Å². The average molecular weight is 192 g/mol. The van der Waals surface area contributed by atoms with Gasteiger partial charge in [-0.05, 0) is 30.5 Å². The normalized spacial score (nSPS) is 9.86. The third kappa shape index (κ3) is 2.59. The Labute approximate surface area is 84.9 Å². The summed E-state index contributed by atoms with van der Waals surface area (Å²) in [6.07, 6.45) is 4.22. The number of unbranched alkanes of at least 4 members (excludes halogenated alkanes) is 1. The van der Waals surface area contributed by atoms with Crippen molar-refractivity contribution in [3.05, 3.63) is 29.3 Å². The zero-order valence-corrected chi connectivity index (χ0v) is 8.75. The van der Waals surface area contributed by atoms with Crippen molar-refractivity contribution in [1.82, 2.24) is 0 Å². The molecule has 0 N–H and O–H groups in total. The third-order valence-electron chi connectivity index (χ3n) is 2.24. The quantitative estimate of drug-likeness (QED) is 0.670. The van der Waals surface area contributed by atoms with Gasteiger partial charge >= 0.3 is 0 Å². The lowest BCUT2D eigenvalue weighted by Crippen LogP contribution is -1.93. The molecular formula is C12H16O2. The van der Waals surface area contributed by atoms with E-state index < -0.39 is 0 Å². The molecule has 2 heteroatoms. The highest BCUT2D eigenvalue weighted by Gasteiger charge is 2.02. The van der Waals surface area contributed by atoms with Crippen molar-refractivity contribution in [2.75, 3.05) is 7.11 Å². The second-order valence-electron chi connectivity index (χ2n) is 3.30. The minimum absolute atomic E-state index is 0.618. The molecule has 0 aliphatic rings. The summed E-state index contributed by atoms with van der Waals surface area (Å²) in [5, 5.41) is 0. The SMILES string of the molecule is CCCCc1ccc(C=O)c(OC)c1. The van der Waals surface area contributed by atoms with Crippen LogP contribution >= 0.6 is 0 Å². The highest BCUT2D eigenvalue weighted by molar-refractivity contribution is 5.79. The molecule has 1 aromatic rings. The summed E-state index contributed by atoms with van der Waals surface area (Å²) < 4.78 is 5.13. The van der Waals surface area contributed by atoms with Crippen LogP contribution < -0.4 is 4.74 Å². The number of aryl methyl sites for hydroxylation is 1. The van der Waals surface area contributed by atoms with E-state index in [0.717, 1.165) is 12.7 Å². The smallest absolute Gasteiger partial charge is 0.153 e. The Morgan fingerprint density at radius 2 is 2.21 bits per heavy atom. The van der Waals surface area contributed by atoms with Crippen LogP contribution in [-0.2, 0) is 6.42 Å². The highest BCUT2D eigenvalue weighted by atomic mass is 16.5. The molecule has 0 aromatic heterocycles. The lowest BCUT2D eigenvalue weighted by atomic mass is 10.1. The van der Waals surface area contributed by atoms with E-state index in [9.17, 15) is 4.79 Å². The van der Waals surface area contributed by atoms with E-state index in [1.807, 2.05) is 18.2 Å². The number of rotatable bonds is 5. The summed E-state index contributed by atoms with van der Waals surface area (Å²) >= 11 is 0. The first-order valence-electron chi connectivity index (χ1n) is 4.94. The molecule has 0 aliphatic carbocycles. The molecule has 0 fully saturated rings. The zero-order chi connectivity index (χ0) is 10.4. The molecule has 0 bridgehead atoms. The van der Waals surface area contributed by atoms with Crippen LogP contribution in [0.5, 0.6) is 5.75 Å². The first-order chi connectivity index (χ1) is 6.81. The van der Waals surface area contributed by atoms with Crippen LogP contribution in [0.3, 0.4) is 0 Å². The van der Waals surface area contributed by atoms with E-state index in [1.165, 1.54) is 18.4 Å². The first-order valence-corrected chi connectivity index (χ1v) is 4.94. The van der Waals surface area contributed by atoms with E-state index >= 15 is 0 Å². The molecule has 0 unspecified atom stereocenters. The number of carbonyl (C=O) groups excluding carboxylic acids is 1. The summed E-state index contributed by atoms with van der Waals surface area (Å²) in [4.78, 5) is 10.6. The summed E-state index contributed by atoms with van der Waals surface area (Å²) in [7, 11) is 1.59. The number of hydrogen-bond acceptors (Lipinski definition) is 2. The predicted octanol–water partition coefficient (Wildman–Crippen LogP) is 2.85. The second-order valence-corrected chi connectivity index (χ2v) is 3.30. The van der Waals surface area contributed by atoms with Crippen LogP contribution in [0.4, 0.5) is 0 Å². The highest BCUT2D eigenvalue weighted by Crippen LogP contribution is 2.19. The summed E-state index contributed by atoms with van der Waals surface area (Å²) in [6, 6.07) is 5.75. The van der Waals surface area contributed by atoms with Gasteiger partial charge in [0.25, 0.3) is 0 Å². The second kappa shape index (κ2) is 5.43. The molecule has 0 saturated carbocycles. The van der Waals surface area contributed by atoms with Crippen LogP contribution in [0, 0.1) is 0 Å². The van der Waals surface area contributed by atoms with Gasteiger partial charge in [-0.3, -0.25) is 4.79 Å². The van der Waals surface area contributed by atoms with Crippen LogP contribution in [0.1, 0.15) is 35.7 Å².